The van der Waals surface area contributed by atoms with Crippen molar-refractivity contribution in [3.63, 3.8) is 0 Å². The molecule has 0 radical (unpaired) electrons. The van der Waals surface area contributed by atoms with Crippen LogP contribution in [0.15, 0.2) is 79.0 Å². The van der Waals surface area contributed by atoms with Crippen LogP contribution in [0.25, 0.3) is 10.8 Å². The molecular formula is C39H40N2O8. The second-order valence-electron chi connectivity index (χ2n) is 12.5. The average Bonchev–Trinajstić information content (AvgIpc) is 3.11. The maximum absolute atomic E-state index is 13.9. The van der Waals surface area contributed by atoms with Gasteiger partial charge in [-0.1, -0.05) is 18.2 Å². The van der Waals surface area contributed by atoms with E-state index in [1.165, 1.54) is 13.2 Å². The molecule has 0 amide bonds. The number of carbonyl (C=O) groups is 1. The summed E-state index contributed by atoms with van der Waals surface area (Å²) in [7, 11) is 1.39. The third-order valence-electron chi connectivity index (χ3n) is 9.11. The van der Waals surface area contributed by atoms with E-state index in [0.29, 0.717) is 36.6 Å². The van der Waals surface area contributed by atoms with Gasteiger partial charge in [0, 0.05) is 29.8 Å². The van der Waals surface area contributed by atoms with Crippen molar-refractivity contribution in [1.29, 1.82) is 0 Å². The zero-order valence-corrected chi connectivity index (χ0v) is 27.2. The Hall–Kier alpha value is -5.48. The minimum absolute atomic E-state index is 0.0976. The van der Waals surface area contributed by atoms with Gasteiger partial charge in [-0.2, -0.15) is 0 Å². The number of ketones is 1. The molecule has 1 aliphatic heterocycles. The summed E-state index contributed by atoms with van der Waals surface area (Å²) in [6.45, 7) is 0.544. The Balaban J connectivity index is 1.21. The van der Waals surface area contributed by atoms with Crippen molar-refractivity contribution >= 4 is 28.1 Å². The fourth-order valence-corrected chi connectivity index (χ4v) is 6.50. The van der Waals surface area contributed by atoms with Crippen LogP contribution in [0.5, 0.6) is 34.5 Å². The quantitative estimate of drug-likeness (QED) is 0.0768. The topological polar surface area (TPSA) is 162 Å². The first-order valence-corrected chi connectivity index (χ1v) is 16.4. The summed E-state index contributed by atoms with van der Waals surface area (Å²) < 4.78 is 10.9. The number of carbonyl (C=O) groups excluding carboxylic acids is 1. The number of phenols is 4. The summed E-state index contributed by atoms with van der Waals surface area (Å²) >= 11 is 0. The molecule has 10 heteroatoms. The predicted molar refractivity (Wildman–Crippen MR) is 186 cm³/mol. The van der Waals surface area contributed by atoms with Crippen LogP contribution in [0, 0.1) is 5.92 Å². The number of hydrogen-bond acceptors (Lipinski definition) is 10. The molecule has 1 aliphatic rings. The molecule has 0 spiro atoms. The first kappa shape index (κ1) is 33.4. The number of pyridine rings is 1. The van der Waals surface area contributed by atoms with Crippen molar-refractivity contribution < 1.29 is 39.8 Å². The van der Waals surface area contributed by atoms with Crippen LogP contribution in [0.1, 0.15) is 41.5 Å². The summed E-state index contributed by atoms with van der Waals surface area (Å²) in [6.07, 6.45) is 3.78. The lowest BCUT2D eigenvalue weighted by Crippen LogP contribution is -2.31. The lowest BCUT2D eigenvalue weighted by molar-refractivity contribution is -0.126. The molecule has 254 valence electrons. The third kappa shape index (κ3) is 7.81. The molecule has 5 aromatic rings. The highest BCUT2D eigenvalue weighted by Gasteiger charge is 2.28. The molecule has 0 aliphatic carbocycles. The molecule has 49 heavy (non-hydrogen) atoms. The van der Waals surface area contributed by atoms with Gasteiger partial charge in [0.05, 0.1) is 19.8 Å². The summed E-state index contributed by atoms with van der Waals surface area (Å²) in [5, 5.41) is 57.0. The number of aromatic nitrogens is 1. The van der Waals surface area contributed by atoms with Crippen molar-refractivity contribution in [2.45, 2.75) is 51.0 Å². The number of nitrogens with one attached hydrogen (secondary N) is 1. The number of aryl methyl sites for hydroxylation is 2. The molecule has 2 atom stereocenters. The minimum Gasteiger partial charge on any atom is -0.508 e. The molecule has 4 aromatic carbocycles. The van der Waals surface area contributed by atoms with E-state index in [-0.39, 0.29) is 53.8 Å². The number of rotatable bonds is 13. The normalized spacial score (nSPS) is 13.7. The maximum atomic E-state index is 13.9. The number of ether oxygens (including phenoxy) is 2. The Morgan fingerprint density at radius 3 is 2.57 bits per heavy atom. The van der Waals surface area contributed by atoms with Gasteiger partial charge in [0.2, 0.25) is 5.75 Å². The number of nitrogens with zero attached hydrogens (tertiary/aromatic N) is 1. The highest BCUT2D eigenvalue weighted by Crippen LogP contribution is 2.38. The molecule has 0 saturated carbocycles. The maximum Gasteiger partial charge on any atom is 0.200 e. The molecule has 0 saturated heterocycles. The van der Waals surface area contributed by atoms with Crippen LogP contribution in [-0.4, -0.2) is 56.1 Å². The first-order chi connectivity index (χ1) is 23.7. The van der Waals surface area contributed by atoms with Crippen molar-refractivity contribution in [2.75, 3.05) is 19.0 Å². The Morgan fingerprint density at radius 2 is 1.73 bits per heavy atom. The van der Waals surface area contributed by atoms with Crippen LogP contribution in [0.2, 0.25) is 0 Å². The molecule has 6 N–H and O–H groups in total. The van der Waals surface area contributed by atoms with Gasteiger partial charge in [0.25, 0.3) is 0 Å². The standard InChI is InChI=1S/C39H40N2O8/c1-48-36-19-23(18-35(46)38(36)47)4-11-32(43)31(33(44)12-7-25-8-13-34(45)39-30(25)3-2-16-49-39)17-24-14-15-40-37(20-24)41-28-9-5-27-22-29(42)10-6-26(27)21-28/h5-6,8-10,13-15,18-22,31,33,42,44-47H,2-4,7,11-12,16-17H2,1H3,(H,40,41). The van der Waals surface area contributed by atoms with Crippen molar-refractivity contribution in [3.05, 3.63) is 101 Å². The van der Waals surface area contributed by atoms with Crippen LogP contribution in [0.4, 0.5) is 11.5 Å². The number of methoxy groups -OCH3 is 1. The van der Waals surface area contributed by atoms with E-state index in [1.54, 1.807) is 30.5 Å². The zero-order chi connectivity index (χ0) is 34.5. The summed E-state index contributed by atoms with van der Waals surface area (Å²) in [5.74, 6) is -0.0706. The van der Waals surface area contributed by atoms with Crippen molar-refractivity contribution in [3.8, 4) is 34.5 Å². The molecule has 0 bridgehead atoms. The second kappa shape index (κ2) is 14.7. The van der Waals surface area contributed by atoms with Crippen LogP contribution in [0.3, 0.4) is 0 Å². The van der Waals surface area contributed by atoms with Gasteiger partial charge < -0.3 is 40.3 Å². The number of phenolic OH excluding ortho intramolecular Hbond substituents is 4. The van der Waals surface area contributed by atoms with E-state index < -0.39 is 12.0 Å². The van der Waals surface area contributed by atoms with Crippen LogP contribution < -0.4 is 14.8 Å². The molecule has 2 unspecified atom stereocenters. The van der Waals surface area contributed by atoms with E-state index in [1.807, 2.05) is 42.5 Å². The lowest BCUT2D eigenvalue weighted by Gasteiger charge is -2.24. The molecular weight excluding hydrogens is 624 g/mol. The number of benzene rings is 4. The Bertz CT molecular complexity index is 1980. The van der Waals surface area contributed by atoms with Gasteiger partial charge in [-0.15, -0.1) is 0 Å². The van der Waals surface area contributed by atoms with Crippen LogP contribution in [-0.2, 0) is 30.5 Å². The Kier molecular flexibility index (Phi) is 10.1. The largest absolute Gasteiger partial charge is 0.508 e. The molecule has 2 heterocycles. The third-order valence-corrected chi connectivity index (χ3v) is 9.11. The summed E-state index contributed by atoms with van der Waals surface area (Å²) in [6, 6.07) is 21.1. The number of hydrogen-bond donors (Lipinski definition) is 6. The fraction of sp³-hybridized carbons (Fsp3) is 0.282. The smallest absolute Gasteiger partial charge is 0.200 e. The number of aliphatic hydroxyl groups excluding tert-OH is 1. The molecule has 6 rings (SSSR count). The number of fused-ring (bicyclic) bond motifs is 2. The van der Waals surface area contributed by atoms with E-state index in [9.17, 15) is 30.3 Å². The van der Waals surface area contributed by atoms with Gasteiger partial charge in [-0.3, -0.25) is 4.79 Å². The Morgan fingerprint density at radius 1 is 0.918 bits per heavy atom. The highest BCUT2D eigenvalue weighted by atomic mass is 16.5. The Labute approximate surface area is 284 Å². The van der Waals surface area contributed by atoms with Gasteiger partial charge >= 0.3 is 0 Å². The van der Waals surface area contributed by atoms with Crippen LogP contribution >= 0.6 is 0 Å². The van der Waals surface area contributed by atoms with E-state index in [0.717, 1.165) is 46.0 Å². The van der Waals surface area contributed by atoms with E-state index in [4.69, 9.17) is 9.47 Å². The lowest BCUT2D eigenvalue weighted by atomic mass is 9.84. The molecule has 1 aromatic heterocycles. The minimum atomic E-state index is -0.967. The fourth-order valence-electron chi connectivity index (χ4n) is 6.50. The highest BCUT2D eigenvalue weighted by molar-refractivity contribution is 5.87. The predicted octanol–water partition coefficient (Wildman–Crippen LogP) is 6.49. The molecule has 10 nitrogen and oxygen atoms in total. The number of Topliss-reactive ketones (excluding diaryl/α,β-unsaturated/α-hetero) is 1. The summed E-state index contributed by atoms with van der Waals surface area (Å²) in [5.41, 5.74) is 4.16. The average molecular weight is 665 g/mol. The monoisotopic (exact) mass is 664 g/mol. The van der Waals surface area contributed by atoms with Gasteiger partial charge in [-0.05, 0) is 121 Å². The van der Waals surface area contributed by atoms with E-state index >= 15 is 0 Å². The number of aliphatic hydroxyl groups is 1. The van der Waals surface area contributed by atoms with E-state index in [2.05, 4.69) is 10.3 Å². The summed E-state index contributed by atoms with van der Waals surface area (Å²) in [4.78, 5) is 18.3. The van der Waals surface area contributed by atoms with Gasteiger partial charge in [0.1, 0.15) is 17.4 Å². The van der Waals surface area contributed by atoms with Gasteiger partial charge in [-0.25, -0.2) is 4.98 Å². The second-order valence-corrected chi connectivity index (χ2v) is 12.5. The number of aromatic hydroxyl groups is 4. The van der Waals surface area contributed by atoms with Gasteiger partial charge in [0.15, 0.2) is 23.0 Å². The van der Waals surface area contributed by atoms with Crippen molar-refractivity contribution in [2.24, 2.45) is 5.92 Å². The van der Waals surface area contributed by atoms with Crippen molar-refractivity contribution in [1.82, 2.24) is 4.98 Å². The SMILES string of the molecule is COc1cc(CCC(=O)C(Cc2ccnc(Nc3ccc4cc(O)ccc4c3)c2)C(O)CCc2ccc(O)c3c2CCCO3)cc(O)c1O. The zero-order valence-electron chi connectivity index (χ0n) is 27.2. The first-order valence-electron chi connectivity index (χ1n) is 16.4. The molecule has 0 fully saturated rings. The number of anilines is 2.